The number of rotatable bonds is 2. The number of aryl methyl sites for hydroxylation is 2. The van der Waals surface area contributed by atoms with Crippen LogP contribution in [0, 0.1) is 13.8 Å². The van der Waals surface area contributed by atoms with Crippen molar-refractivity contribution < 1.29 is 0 Å². The quantitative estimate of drug-likeness (QED) is 0.739. The molecule has 0 spiro atoms. The van der Waals surface area contributed by atoms with E-state index < -0.39 is 0 Å². The summed E-state index contributed by atoms with van der Waals surface area (Å²) in [7, 11) is 2.04. The molecule has 0 unspecified atom stereocenters. The van der Waals surface area contributed by atoms with Crippen LogP contribution >= 0.6 is 15.9 Å². The summed E-state index contributed by atoms with van der Waals surface area (Å²) in [4.78, 5) is 4.50. The fourth-order valence-electron chi connectivity index (χ4n) is 1.62. The highest BCUT2D eigenvalue weighted by Crippen LogP contribution is 2.26. The molecule has 17 heavy (non-hydrogen) atoms. The maximum Gasteiger partial charge on any atom is 0.0772 e. The fourth-order valence-corrected chi connectivity index (χ4v) is 2.21. The van der Waals surface area contributed by atoms with E-state index in [0.29, 0.717) is 0 Å². The van der Waals surface area contributed by atoms with E-state index in [1.807, 2.05) is 19.3 Å². The van der Waals surface area contributed by atoms with E-state index in [9.17, 15) is 0 Å². The number of hydrogen-bond donors (Lipinski definition) is 0. The van der Waals surface area contributed by atoms with Gasteiger partial charge in [-0.3, -0.25) is 4.99 Å². The first kappa shape index (κ1) is 12.1. The van der Waals surface area contributed by atoms with Gasteiger partial charge >= 0.3 is 0 Å². The highest BCUT2D eigenvalue weighted by Gasteiger charge is 1.99. The Hall–Kier alpha value is -1.35. The molecule has 1 heterocycles. The average molecular weight is 291 g/mol. The Morgan fingerprint density at radius 2 is 1.94 bits per heavy atom. The van der Waals surface area contributed by atoms with Gasteiger partial charge < -0.3 is 4.57 Å². The van der Waals surface area contributed by atoms with Crippen molar-refractivity contribution in [2.24, 2.45) is 12.0 Å². The second kappa shape index (κ2) is 4.88. The zero-order valence-electron chi connectivity index (χ0n) is 10.2. The van der Waals surface area contributed by atoms with Crippen molar-refractivity contribution in [3.63, 3.8) is 0 Å². The molecule has 2 aromatic rings. The molecule has 0 saturated heterocycles. The van der Waals surface area contributed by atoms with Gasteiger partial charge in [0.2, 0.25) is 0 Å². The third kappa shape index (κ3) is 2.67. The Bertz CT molecular complexity index is 568. The first-order valence-electron chi connectivity index (χ1n) is 5.50. The SMILES string of the molecule is Cc1ccc(N=Cc2ccc(C)n2C)c(Br)c1. The van der Waals surface area contributed by atoms with Crippen molar-refractivity contribution >= 4 is 27.8 Å². The minimum Gasteiger partial charge on any atom is -0.347 e. The molecule has 0 amide bonds. The number of nitrogens with zero attached hydrogens (tertiary/aromatic N) is 2. The molecule has 0 aliphatic carbocycles. The van der Waals surface area contributed by atoms with Gasteiger partial charge in [0, 0.05) is 17.2 Å². The number of hydrogen-bond acceptors (Lipinski definition) is 1. The van der Waals surface area contributed by atoms with Crippen molar-refractivity contribution in [2.45, 2.75) is 13.8 Å². The smallest absolute Gasteiger partial charge is 0.0772 e. The van der Waals surface area contributed by atoms with Crippen LogP contribution in [0.2, 0.25) is 0 Å². The van der Waals surface area contributed by atoms with Crippen LogP contribution in [0.5, 0.6) is 0 Å². The standard InChI is InChI=1S/C14H15BrN2/c1-10-4-7-14(13(15)8-10)16-9-12-6-5-11(2)17(12)3/h4-9H,1-3H3. The van der Waals surface area contributed by atoms with Gasteiger partial charge in [-0.1, -0.05) is 6.07 Å². The van der Waals surface area contributed by atoms with Crippen LogP contribution < -0.4 is 0 Å². The molecule has 2 rings (SSSR count). The third-order valence-corrected chi connectivity index (χ3v) is 3.49. The predicted molar refractivity (Wildman–Crippen MR) is 76.3 cm³/mol. The maximum absolute atomic E-state index is 4.50. The molecule has 3 heteroatoms. The zero-order valence-corrected chi connectivity index (χ0v) is 11.8. The Balaban J connectivity index is 2.29. The van der Waals surface area contributed by atoms with Crippen LogP contribution in [0.1, 0.15) is 17.0 Å². The monoisotopic (exact) mass is 290 g/mol. The molecule has 0 radical (unpaired) electrons. The summed E-state index contributed by atoms with van der Waals surface area (Å²) in [6.45, 7) is 4.15. The predicted octanol–water partition coefficient (Wildman–Crippen LogP) is 4.16. The summed E-state index contributed by atoms with van der Waals surface area (Å²) in [5, 5.41) is 0. The topological polar surface area (TPSA) is 17.3 Å². The van der Waals surface area contributed by atoms with Gasteiger partial charge in [0.1, 0.15) is 0 Å². The van der Waals surface area contributed by atoms with Gasteiger partial charge in [0.15, 0.2) is 0 Å². The molecule has 0 bridgehead atoms. The van der Waals surface area contributed by atoms with Crippen LogP contribution in [0.25, 0.3) is 0 Å². The van der Waals surface area contributed by atoms with Gasteiger partial charge in [-0.25, -0.2) is 0 Å². The van der Waals surface area contributed by atoms with Crippen molar-refractivity contribution in [3.8, 4) is 0 Å². The van der Waals surface area contributed by atoms with Crippen LogP contribution in [-0.4, -0.2) is 10.8 Å². The number of benzene rings is 1. The van der Waals surface area contributed by atoms with Crippen LogP contribution in [0.3, 0.4) is 0 Å². The van der Waals surface area contributed by atoms with Gasteiger partial charge in [-0.15, -0.1) is 0 Å². The van der Waals surface area contributed by atoms with E-state index >= 15 is 0 Å². The van der Waals surface area contributed by atoms with E-state index in [1.54, 1.807) is 0 Å². The van der Waals surface area contributed by atoms with Crippen molar-refractivity contribution in [1.82, 2.24) is 4.57 Å². The van der Waals surface area contributed by atoms with E-state index in [1.165, 1.54) is 11.3 Å². The zero-order chi connectivity index (χ0) is 12.4. The molecule has 88 valence electrons. The second-order valence-corrected chi connectivity index (χ2v) is 5.03. The fraction of sp³-hybridized carbons (Fsp3) is 0.214. The average Bonchev–Trinajstić information content (AvgIpc) is 2.59. The van der Waals surface area contributed by atoms with Gasteiger partial charge in [-0.2, -0.15) is 0 Å². The summed E-state index contributed by atoms with van der Waals surface area (Å²) in [6, 6.07) is 10.3. The second-order valence-electron chi connectivity index (χ2n) is 4.17. The van der Waals surface area contributed by atoms with Crippen LogP contribution in [-0.2, 0) is 7.05 Å². The summed E-state index contributed by atoms with van der Waals surface area (Å²) in [5.74, 6) is 0. The molecule has 0 atom stereocenters. The maximum atomic E-state index is 4.50. The lowest BCUT2D eigenvalue weighted by Gasteiger charge is -2.01. The normalized spacial score (nSPS) is 11.3. The Morgan fingerprint density at radius 3 is 2.53 bits per heavy atom. The number of halogens is 1. The molecule has 2 nitrogen and oxygen atoms in total. The lowest BCUT2D eigenvalue weighted by molar-refractivity contribution is 0.874. The number of aromatic nitrogens is 1. The van der Waals surface area contributed by atoms with E-state index in [0.717, 1.165) is 15.9 Å². The van der Waals surface area contributed by atoms with Crippen LogP contribution in [0.15, 0.2) is 39.8 Å². The minimum atomic E-state index is 0.953. The lowest BCUT2D eigenvalue weighted by atomic mass is 10.2. The summed E-state index contributed by atoms with van der Waals surface area (Å²) in [6.07, 6.45) is 1.89. The minimum absolute atomic E-state index is 0.953. The van der Waals surface area contributed by atoms with Crippen molar-refractivity contribution in [3.05, 3.63) is 51.8 Å². The Labute approximate surface area is 110 Å². The van der Waals surface area contributed by atoms with E-state index in [2.05, 4.69) is 63.6 Å². The van der Waals surface area contributed by atoms with Crippen molar-refractivity contribution in [1.29, 1.82) is 0 Å². The number of aliphatic imine (C=N–C) groups is 1. The molecule has 0 N–H and O–H groups in total. The molecule has 0 saturated carbocycles. The summed E-state index contributed by atoms with van der Waals surface area (Å²) < 4.78 is 3.14. The third-order valence-electron chi connectivity index (χ3n) is 2.85. The molecular formula is C14H15BrN2. The van der Waals surface area contributed by atoms with Crippen molar-refractivity contribution in [2.75, 3.05) is 0 Å². The summed E-state index contributed by atoms with van der Waals surface area (Å²) >= 11 is 3.52. The first-order chi connectivity index (χ1) is 8.08. The van der Waals surface area contributed by atoms with E-state index in [4.69, 9.17) is 0 Å². The van der Waals surface area contributed by atoms with Gasteiger partial charge in [-0.05, 0) is 59.6 Å². The lowest BCUT2D eigenvalue weighted by Crippen LogP contribution is -1.96. The molecule has 0 aliphatic heterocycles. The molecule has 0 fully saturated rings. The Kier molecular flexibility index (Phi) is 3.48. The summed E-state index contributed by atoms with van der Waals surface area (Å²) in [5.41, 5.74) is 4.52. The highest BCUT2D eigenvalue weighted by molar-refractivity contribution is 9.10. The van der Waals surface area contributed by atoms with E-state index in [-0.39, 0.29) is 0 Å². The molecular weight excluding hydrogens is 276 g/mol. The van der Waals surface area contributed by atoms with Gasteiger partial charge in [0.25, 0.3) is 0 Å². The Morgan fingerprint density at radius 1 is 1.18 bits per heavy atom. The molecule has 1 aromatic heterocycles. The highest BCUT2D eigenvalue weighted by atomic mass is 79.9. The van der Waals surface area contributed by atoms with Crippen LogP contribution in [0.4, 0.5) is 5.69 Å². The molecule has 1 aromatic carbocycles. The molecule has 0 aliphatic rings. The van der Waals surface area contributed by atoms with Gasteiger partial charge in [0.05, 0.1) is 17.6 Å². The largest absolute Gasteiger partial charge is 0.347 e. The first-order valence-corrected chi connectivity index (χ1v) is 6.30.